The maximum Gasteiger partial charge on any atom is 0.0772 e. The Kier molecular flexibility index (Phi) is 3.54. The molecular formula is C13H22N2O2. The molecule has 2 atom stereocenters. The molecule has 1 fully saturated rings. The molecule has 0 spiro atoms. The normalized spacial score (nSPS) is 29.8. The molecule has 2 rings (SSSR count). The lowest BCUT2D eigenvalue weighted by Crippen LogP contribution is -2.45. The molecule has 1 aromatic rings. The summed E-state index contributed by atoms with van der Waals surface area (Å²) in [6.07, 6.45) is 3.30. The molecule has 0 radical (unpaired) electrons. The van der Waals surface area contributed by atoms with Crippen LogP contribution in [0.3, 0.4) is 0 Å². The van der Waals surface area contributed by atoms with E-state index in [1.54, 1.807) is 0 Å². The van der Waals surface area contributed by atoms with Crippen LogP contribution < -0.4 is 0 Å². The summed E-state index contributed by atoms with van der Waals surface area (Å²) < 4.78 is 7.31. The van der Waals surface area contributed by atoms with E-state index in [1.165, 1.54) is 0 Å². The Bertz CT molecular complexity index is 375. The SMILES string of the molecule is CC(C)n1ccc(CC2(O)CCOCC2C)n1. The van der Waals surface area contributed by atoms with E-state index >= 15 is 0 Å². The van der Waals surface area contributed by atoms with Gasteiger partial charge in [0, 0.05) is 37.6 Å². The van der Waals surface area contributed by atoms with Gasteiger partial charge in [-0.15, -0.1) is 0 Å². The van der Waals surface area contributed by atoms with E-state index in [4.69, 9.17) is 4.74 Å². The van der Waals surface area contributed by atoms with Crippen molar-refractivity contribution in [2.24, 2.45) is 5.92 Å². The first-order valence-corrected chi connectivity index (χ1v) is 6.35. The number of aliphatic hydroxyl groups is 1. The zero-order chi connectivity index (χ0) is 12.5. The minimum absolute atomic E-state index is 0.167. The van der Waals surface area contributed by atoms with Crippen molar-refractivity contribution in [1.82, 2.24) is 9.78 Å². The van der Waals surface area contributed by atoms with Gasteiger partial charge in [0.05, 0.1) is 17.9 Å². The predicted molar refractivity (Wildman–Crippen MR) is 65.9 cm³/mol. The van der Waals surface area contributed by atoms with Crippen LogP contribution in [0.25, 0.3) is 0 Å². The quantitative estimate of drug-likeness (QED) is 0.873. The maximum absolute atomic E-state index is 10.6. The first-order chi connectivity index (χ1) is 8.01. The second-order valence-corrected chi connectivity index (χ2v) is 5.39. The predicted octanol–water partition coefficient (Wildman–Crippen LogP) is 1.79. The zero-order valence-corrected chi connectivity index (χ0v) is 10.9. The molecule has 17 heavy (non-hydrogen) atoms. The van der Waals surface area contributed by atoms with Crippen LogP contribution in [0.15, 0.2) is 12.3 Å². The van der Waals surface area contributed by atoms with Gasteiger partial charge in [0.2, 0.25) is 0 Å². The summed E-state index contributed by atoms with van der Waals surface area (Å²) in [5.74, 6) is 0.167. The molecule has 0 saturated carbocycles. The van der Waals surface area contributed by atoms with Gasteiger partial charge in [-0.2, -0.15) is 5.10 Å². The Morgan fingerprint density at radius 2 is 2.41 bits per heavy atom. The van der Waals surface area contributed by atoms with E-state index in [0.29, 0.717) is 32.1 Å². The van der Waals surface area contributed by atoms with Crippen LogP contribution in [0.4, 0.5) is 0 Å². The van der Waals surface area contributed by atoms with E-state index in [-0.39, 0.29) is 5.92 Å². The molecule has 0 bridgehead atoms. The van der Waals surface area contributed by atoms with Gasteiger partial charge in [-0.25, -0.2) is 0 Å². The van der Waals surface area contributed by atoms with Gasteiger partial charge in [-0.05, 0) is 19.9 Å². The standard InChI is InChI=1S/C13H22N2O2/c1-10(2)15-6-4-12(14-15)8-13(16)5-7-17-9-11(13)3/h4,6,10-11,16H,5,7-9H2,1-3H3. The topological polar surface area (TPSA) is 47.3 Å². The highest BCUT2D eigenvalue weighted by atomic mass is 16.5. The molecular weight excluding hydrogens is 216 g/mol. The third-order valence-corrected chi connectivity index (χ3v) is 3.64. The van der Waals surface area contributed by atoms with Gasteiger partial charge < -0.3 is 9.84 Å². The second kappa shape index (κ2) is 4.78. The molecule has 0 aromatic carbocycles. The van der Waals surface area contributed by atoms with Crippen molar-refractivity contribution in [3.63, 3.8) is 0 Å². The molecule has 1 aromatic heterocycles. The van der Waals surface area contributed by atoms with Crippen LogP contribution in [0, 0.1) is 5.92 Å². The maximum atomic E-state index is 10.6. The van der Waals surface area contributed by atoms with Crippen LogP contribution in [0.2, 0.25) is 0 Å². The van der Waals surface area contributed by atoms with Crippen molar-refractivity contribution in [3.05, 3.63) is 18.0 Å². The van der Waals surface area contributed by atoms with Crippen LogP contribution in [-0.2, 0) is 11.2 Å². The van der Waals surface area contributed by atoms with Crippen molar-refractivity contribution < 1.29 is 9.84 Å². The fraction of sp³-hybridized carbons (Fsp3) is 0.769. The number of aromatic nitrogens is 2. The number of hydrogen-bond acceptors (Lipinski definition) is 3. The molecule has 96 valence electrons. The van der Waals surface area contributed by atoms with Crippen molar-refractivity contribution in [1.29, 1.82) is 0 Å². The minimum atomic E-state index is -0.658. The Hall–Kier alpha value is -0.870. The number of rotatable bonds is 3. The third-order valence-electron chi connectivity index (χ3n) is 3.64. The van der Waals surface area contributed by atoms with Crippen molar-refractivity contribution in [2.45, 2.75) is 45.3 Å². The lowest BCUT2D eigenvalue weighted by molar-refractivity contribution is -0.105. The van der Waals surface area contributed by atoms with E-state index in [9.17, 15) is 5.11 Å². The Balaban J connectivity index is 2.08. The van der Waals surface area contributed by atoms with Crippen LogP contribution in [0.1, 0.15) is 38.9 Å². The summed E-state index contributed by atoms with van der Waals surface area (Å²) in [5.41, 5.74) is 0.309. The Morgan fingerprint density at radius 1 is 1.65 bits per heavy atom. The largest absolute Gasteiger partial charge is 0.389 e. The smallest absolute Gasteiger partial charge is 0.0772 e. The van der Waals surface area contributed by atoms with Gasteiger partial charge in [0.1, 0.15) is 0 Å². The van der Waals surface area contributed by atoms with Gasteiger partial charge in [-0.1, -0.05) is 6.92 Å². The molecule has 0 amide bonds. The summed E-state index contributed by atoms with van der Waals surface area (Å²) in [6.45, 7) is 7.52. The first kappa shape index (κ1) is 12.6. The third kappa shape index (κ3) is 2.69. The average Bonchev–Trinajstić information content (AvgIpc) is 2.71. The monoisotopic (exact) mass is 238 g/mol. The lowest BCUT2D eigenvalue weighted by Gasteiger charge is -2.37. The highest BCUT2D eigenvalue weighted by Gasteiger charge is 2.37. The number of nitrogens with zero attached hydrogens (tertiary/aromatic N) is 2. The number of ether oxygens (including phenoxy) is 1. The molecule has 1 aliphatic rings. The van der Waals surface area contributed by atoms with Crippen LogP contribution >= 0.6 is 0 Å². The van der Waals surface area contributed by atoms with Gasteiger partial charge in [0.25, 0.3) is 0 Å². The van der Waals surface area contributed by atoms with Crippen LogP contribution in [-0.4, -0.2) is 33.7 Å². The molecule has 1 aliphatic heterocycles. The molecule has 1 saturated heterocycles. The number of hydrogen-bond donors (Lipinski definition) is 1. The molecule has 2 heterocycles. The molecule has 2 unspecified atom stereocenters. The van der Waals surface area contributed by atoms with E-state index < -0.39 is 5.60 Å². The highest BCUT2D eigenvalue weighted by molar-refractivity contribution is 5.06. The first-order valence-electron chi connectivity index (χ1n) is 6.35. The van der Waals surface area contributed by atoms with Crippen molar-refractivity contribution in [3.8, 4) is 0 Å². The summed E-state index contributed by atoms with van der Waals surface area (Å²) >= 11 is 0. The summed E-state index contributed by atoms with van der Waals surface area (Å²) in [5, 5.41) is 15.1. The fourth-order valence-corrected chi connectivity index (χ4v) is 2.25. The molecule has 0 aliphatic carbocycles. The van der Waals surface area contributed by atoms with Gasteiger partial charge >= 0.3 is 0 Å². The summed E-state index contributed by atoms with van der Waals surface area (Å²) in [7, 11) is 0. The van der Waals surface area contributed by atoms with Crippen LogP contribution in [0.5, 0.6) is 0 Å². The van der Waals surface area contributed by atoms with Gasteiger partial charge in [0.15, 0.2) is 0 Å². The van der Waals surface area contributed by atoms with Crippen molar-refractivity contribution in [2.75, 3.05) is 13.2 Å². The van der Waals surface area contributed by atoms with E-state index in [2.05, 4.69) is 18.9 Å². The summed E-state index contributed by atoms with van der Waals surface area (Å²) in [6, 6.07) is 2.37. The Morgan fingerprint density at radius 3 is 3.00 bits per heavy atom. The molecule has 1 N–H and O–H groups in total. The van der Waals surface area contributed by atoms with E-state index in [1.807, 2.05) is 23.9 Å². The average molecular weight is 238 g/mol. The fourth-order valence-electron chi connectivity index (χ4n) is 2.25. The molecule has 4 nitrogen and oxygen atoms in total. The molecule has 4 heteroatoms. The Labute approximate surface area is 103 Å². The minimum Gasteiger partial charge on any atom is -0.389 e. The second-order valence-electron chi connectivity index (χ2n) is 5.39. The summed E-state index contributed by atoms with van der Waals surface area (Å²) in [4.78, 5) is 0. The lowest BCUT2D eigenvalue weighted by atomic mass is 9.81. The van der Waals surface area contributed by atoms with Crippen molar-refractivity contribution >= 4 is 0 Å². The van der Waals surface area contributed by atoms with Gasteiger partial charge in [-0.3, -0.25) is 4.68 Å². The highest BCUT2D eigenvalue weighted by Crippen LogP contribution is 2.29. The van der Waals surface area contributed by atoms with E-state index in [0.717, 1.165) is 5.69 Å². The zero-order valence-electron chi connectivity index (χ0n) is 10.9.